The molecule has 0 aromatic heterocycles. The van der Waals surface area contributed by atoms with E-state index in [1.165, 1.54) is 0 Å². The molecule has 0 spiro atoms. The fourth-order valence-corrected chi connectivity index (χ4v) is 2.08. The summed E-state index contributed by atoms with van der Waals surface area (Å²) >= 11 is 0. The topological polar surface area (TPSA) is 75.4 Å². The van der Waals surface area contributed by atoms with Crippen molar-refractivity contribution < 1.29 is 9.90 Å². The van der Waals surface area contributed by atoms with Gasteiger partial charge < -0.3 is 16.2 Å². The lowest BCUT2D eigenvalue weighted by molar-refractivity contribution is -0.126. The number of rotatable bonds is 4. The summed E-state index contributed by atoms with van der Waals surface area (Å²) in [5.74, 6) is -0.218. The second-order valence-electron chi connectivity index (χ2n) is 4.67. The number of aliphatic hydroxyl groups is 1. The van der Waals surface area contributed by atoms with Gasteiger partial charge >= 0.3 is 0 Å². The fraction of sp³-hybridized carbons (Fsp3) is 0.462. The number of carbonyl (C=O) groups excluding carboxylic acids is 1. The van der Waals surface area contributed by atoms with E-state index in [1.807, 2.05) is 30.3 Å². The van der Waals surface area contributed by atoms with Crippen LogP contribution < -0.4 is 11.1 Å². The van der Waals surface area contributed by atoms with Crippen LogP contribution in [0.5, 0.6) is 0 Å². The highest BCUT2D eigenvalue weighted by Crippen LogP contribution is 2.31. The Labute approximate surface area is 101 Å². The maximum atomic E-state index is 12.0. The largest absolute Gasteiger partial charge is 0.394 e. The first kappa shape index (κ1) is 12.1. The first-order valence-electron chi connectivity index (χ1n) is 5.90. The van der Waals surface area contributed by atoms with Gasteiger partial charge in [0.25, 0.3) is 0 Å². The van der Waals surface area contributed by atoms with Crippen LogP contribution in [-0.4, -0.2) is 23.2 Å². The second kappa shape index (κ2) is 4.85. The maximum Gasteiger partial charge on any atom is 0.242 e. The molecule has 0 radical (unpaired) electrons. The molecule has 1 fully saturated rings. The summed E-state index contributed by atoms with van der Waals surface area (Å²) in [6, 6.07) is 8.59. The van der Waals surface area contributed by atoms with E-state index in [9.17, 15) is 9.90 Å². The highest BCUT2D eigenvalue weighted by Gasteiger charge is 2.38. The quantitative estimate of drug-likeness (QED) is 0.718. The lowest BCUT2D eigenvalue weighted by Gasteiger charge is -2.41. The molecule has 1 amide bonds. The first-order chi connectivity index (χ1) is 8.17. The molecule has 4 N–H and O–H groups in total. The molecule has 0 heterocycles. The van der Waals surface area contributed by atoms with Gasteiger partial charge in [-0.05, 0) is 24.8 Å². The van der Waals surface area contributed by atoms with Crippen LogP contribution in [-0.2, 0) is 4.79 Å². The zero-order valence-corrected chi connectivity index (χ0v) is 9.73. The molecule has 92 valence electrons. The highest BCUT2D eigenvalue weighted by molar-refractivity contribution is 5.83. The van der Waals surface area contributed by atoms with Crippen molar-refractivity contribution in [1.29, 1.82) is 0 Å². The minimum atomic E-state index is -0.666. The van der Waals surface area contributed by atoms with Gasteiger partial charge in [-0.1, -0.05) is 30.3 Å². The van der Waals surface area contributed by atoms with Gasteiger partial charge in [-0.2, -0.15) is 0 Å². The molecule has 1 saturated carbocycles. The van der Waals surface area contributed by atoms with E-state index in [1.54, 1.807) is 0 Å². The summed E-state index contributed by atoms with van der Waals surface area (Å²) in [5.41, 5.74) is 6.25. The number of benzene rings is 1. The lowest BCUT2D eigenvalue weighted by Crippen LogP contribution is -2.57. The molecule has 0 unspecified atom stereocenters. The van der Waals surface area contributed by atoms with E-state index in [-0.39, 0.29) is 12.5 Å². The summed E-state index contributed by atoms with van der Waals surface area (Å²) in [5, 5.41) is 12.1. The number of amides is 1. The van der Waals surface area contributed by atoms with Crippen LogP contribution in [0.2, 0.25) is 0 Å². The van der Waals surface area contributed by atoms with Crippen LogP contribution in [0.4, 0.5) is 0 Å². The van der Waals surface area contributed by atoms with Crippen molar-refractivity contribution >= 4 is 5.91 Å². The SMILES string of the molecule is N[C@@H](C(=O)NC1(CO)CCC1)c1ccccc1. The van der Waals surface area contributed by atoms with Crippen LogP contribution in [0.15, 0.2) is 30.3 Å². The number of nitrogens with one attached hydrogen (secondary N) is 1. The van der Waals surface area contributed by atoms with Crippen molar-refractivity contribution in [2.45, 2.75) is 30.8 Å². The Hall–Kier alpha value is -1.39. The average molecular weight is 234 g/mol. The van der Waals surface area contributed by atoms with E-state index in [4.69, 9.17) is 5.73 Å². The lowest BCUT2D eigenvalue weighted by atomic mass is 9.77. The highest BCUT2D eigenvalue weighted by atomic mass is 16.3. The molecule has 0 bridgehead atoms. The van der Waals surface area contributed by atoms with Crippen LogP contribution in [0.1, 0.15) is 30.9 Å². The van der Waals surface area contributed by atoms with Crippen LogP contribution >= 0.6 is 0 Å². The monoisotopic (exact) mass is 234 g/mol. The molecule has 0 aliphatic heterocycles. The standard InChI is InChI=1S/C13H18N2O2/c14-11(10-5-2-1-3-6-10)12(17)15-13(9-16)7-4-8-13/h1-3,5-6,11,16H,4,7-9,14H2,(H,15,17)/t11-/m1/s1. The Morgan fingerprint density at radius 3 is 2.53 bits per heavy atom. The molecule has 1 aliphatic rings. The zero-order chi connectivity index (χ0) is 12.3. The van der Waals surface area contributed by atoms with Crippen LogP contribution in [0, 0.1) is 0 Å². The number of carbonyl (C=O) groups is 1. The van der Waals surface area contributed by atoms with Gasteiger partial charge in [0, 0.05) is 0 Å². The van der Waals surface area contributed by atoms with Gasteiger partial charge in [0.05, 0.1) is 12.1 Å². The minimum Gasteiger partial charge on any atom is -0.394 e. The molecular formula is C13H18N2O2. The van der Waals surface area contributed by atoms with E-state index in [2.05, 4.69) is 5.32 Å². The van der Waals surface area contributed by atoms with Crippen molar-refractivity contribution in [3.63, 3.8) is 0 Å². The molecule has 1 aliphatic carbocycles. The summed E-state index contributed by atoms with van der Waals surface area (Å²) in [4.78, 5) is 12.0. The Bertz CT molecular complexity index is 382. The van der Waals surface area contributed by atoms with Gasteiger partial charge in [0.2, 0.25) is 5.91 Å². The molecular weight excluding hydrogens is 216 g/mol. The van der Waals surface area contributed by atoms with E-state index >= 15 is 0 Å². The Morgan fingerprint density at radius 2 is 2.06 bits per heavy atom. The minimum absolute atomic E-state index is 0.0136. The van der Waals surface area contributed by atoms with Gasteiger partial charge in [0.15, 0.2) is 0 Å². The number of aliphatic hydroxyl groups excluding tert-OH is 1. The molecule has 4 heteroatoms. The third-order valence-corrected chi connectivity index (χ3v) is 3.44. The molecule has 0 saturated heterocycles. The average Bonchev–Trinajstić information content (AvgIpc) is 2.33. The Balaban J connectivity index is 2.01. The third kappa shape index (κ3) is 2.48. The van der Waals surface area contributed by atoms with Crippen molar-refractivity contribution in [3.05, 3.63) is 35.9 Å². The summed E-state index contributed by atoms with van der Waals surface area (Å²) in [6.07, 6.45) is 2.70. The number of hydrogen-bond donors (Lipinski definition) is 3. The van der Waals surface area contributed by atoms with Gasteiger partial charge in [-0.15, -0.1) is 0 Å². The van der Waals surface area contributed by atoms with Crippen molar-refractivity contribution in [2.24, 2.45) is 5.73 Å². The summed E-state index contributed by atoms with van der Waals surface area (Å²) in [6.45, 7) is -0.0136. The summed E-state index contributed by atoms with van der Waals surface area (Å²) in [7, 11) is 0. The van der Waals surface area contributed by atoms with Crippen LogP contribution in [0.3, 0.4) is 0 Å². The van der Waals surface area contributed by atoms with Gasteiger partial charge in [0.1, 0.15) is 6.04 Å². The smallest absolute Gasteiger partial charge is 0.242 e. The van der Waals surface area contributed by atoms with E-state index in [0.717, 1.165) is 24.8 Å². The Morgan fingerprint density at radius 1 is 1.41 bits per heavy atom. The van der Waals surface area contributed by atoms with E-state index in [0.29, 0.717) is 0 Å². The van der Waals surface area contributed by atoms with Crippen LogP contribution in [0.25, 0.3) is 0 Å². The zero-order valence-electron chi connectivity index (χ0n) is 9.73. The second-order valence-corrected chi connectivity index (χ2v) is 4.67. The van der Waals surface area contributed by atoms with Crippen molar-refractivity contribution in [1.82, 2.24) is 5.32 Å². The molecule has 2 rings (SSSR count). The summed E-state index contributed by atoms with van der Waals surface area (Å²) < 4.78 is 0. The number of hydrogen-bond acceptors (Lipinski definition) is 3. The first-order valence-corrected chi connectivity index (χ1v) is 5.90. The fourth-order valence-electron chi connectivity index (χ4n) is 2.08. The molecule has 4 nitrogen and oxygen atoms in total. The van der Waals surface area contributed by atoms with Gasteiger partial charge in [-0.3, -0.25) is 4.79 Å². The predicted molar refractivity (Wildman–Crippen MR) is 65.2 cm³/mol. The molecule has 17 heavy (non-hydrogen) atoms. The van der Waals surface area contributed by atoms with E-state index < -0.39 is 11.6 Å². The molecule has 1 aromatic rings. The number of nitrogens with two attached hydrogens (primary N) is 1. The van der Waals surface area contributed by atoms with Gasteiger partial charge in [-0.25, -0.2) is 0 Å². The van der Waals surface area contributed by atoms with Crippen molar-refractivity contribution in [3.8, 4) is 0 Å². The molecule has 1 aromatic carbocycles. The maximum absolute atomic E-state index is 12.0. The van der Waals surface area contributed by atoms with Crippen molar-refractivity contribution in [2.75, 3.05) is 6.61 Å². The normalized spacial score (nSPS) is 19.2. The third-order valence-electron chi connectivity index (χ3n) is 3.44. The predicted octanol–water partition coefficient (Wildman–Crippen LogP) is 0.718. The Kier molecular flexibility index (Phi) is 3.45. The molecule has 1 atom stereocenters.